The number of nitrogens with zero attached hydrogens (tertiary/aromatic N) is 5. The Morgan fingerprint density at radius 1 is 1.36 bits per heavy atom. The van der Waals surface area contributed by atoms with Crippen LogP contribution in [-0.4, -0.2) is 70.0 Å². The quantitative estimate of drug-likeness (QED) is 0.782. The highest BCUT2D eigenvalue weighted by Crippen LogP contribution is 2.25. The molecule has 2 heterocycles. The number of carbonyl (C=O) groups excluding carboxylic acids is 1. The molecule has 10 heteroatoms. The van der Waals surface area contributed by atoms with E-state index in [0.717, 1.165) is 11.6 Å². The van der Waals surface area contributed by atoms with Gasteiger partial charge in [0.15, 0.2) is 5.82 Å². The Bertz CT molecular complexity index is 724. The minimum atomic E-state index is -0.156. The number of likely N-dealkylation sites (N-methyl/N-ethyl adjacent to an activating group) is 1. The molecule has 1 atom stereocenters. The van der Waals surface area contributed by atoms with Crippen molar-refractivity contribution in [1.29, 1.82) is 0 Å². The average Bonchev–Trinajstić information content (AvgIpc) is 3.32. The zero-order valence-electron chi connectivity index (χ0n) is 14.3. The minimum Gasteiger partial charge on any atom is -0.497 e. The standard InChI is InChI=1S/C15H20N6O3S/c1-20(15(22)13-8-25-9-16-13)7-14-17-18-19-21(14)10-4-11(23-2)6-12(5-10)24-3/h4-6,13,16H,7-9H2,1-3H3/t13-/m0/s1. The normalized spacial score (nSPS) is 16.7. The van der Waals surface area contributed by atoms with Crippen LogP contribution < -0.4 is 14.8 Å². The number of nitrogens with one attached hydrogen (secondary N) is 1. The van der Waals surface area contributed by atoms with E-state index in [1.165, 1.54) is 0 Å². The minimum absolute atomic E-state index is 0.0303. The van der Waals surface area contributed by atoms with Crippen LogP contribution in [0.2, 0.25) is 0 Å². The van der Waals surface area contributed by atoms with Gasteiger partial charge in [-0.05, 0) is 10.4 Å². The SMILES string of the molecule is COc1cc(OC)cc(-n2nnnc2CN(C)C(=O)[C@@H]2CSCN2)c1. The third-order valence-corrected chi connectivity index (χ3v) is 4.82. The van der Waals surface area contributed by atoms with Crippen LogP contribution in [0.5, 0.6) is 11.5 Å². The number of amides is 1. The Balaban J connectivity index is 1.82. The van der Waals surface area contributed by atoms with Crippen LogP contribution in [0, 0.1) is 0 Å². The van der Waals surface area contributed by atoms with Gasteiger partial charge in [-0.15, -0.1) is 16.9 Å². The smallest absolute Gasteiger partial charge is 0.240 e. The number of ether oxygens (including phenoxy) is 2. The van der Waals surface area contributed by atoms with E-state index in [4.69, 9.17) is 9.47 Å². The summed E-state index contributed by atoms with van der Waals surface area (Å²) < 4.78 is 12.1. The van der Waals surface area contributed by atoms with Crippen molar-refractivity contribution in [3.05, 3.63) is 24.0 Å². The highest BCUT2D eigenvalue weighted by Gasteiger charge is 2.26. The Labute approximate surface area is 149 Å². The fourth-order valence-corrected chi connectivity index (χ4v) is 3.46. The van der Waals surface area contributed by atoms with Crippen molar-refractivity contribution in [3.8, 4) is 17.2 Å². The molecular weight excluding hydrogens is 344 g/mol. The van der Waals surface area contributed by atoms with Gasteiger partial charge < -0.3 is 14.4 Å². The lowest BCUT2D eigenvalue weighted by atomic mass is 10.2. The van der Waals surface area contributed by atoms with Crippen molar-refractivity contribution in [2.75, 3.05) is 32.9 Å². The molecule has 3 rings (SSSR count). The fraction of sp³-hybridized carbons (Fsp3) is 0.467. The lowest BCUT2D eigenvalue weighted by Crippen LogP contribution is -2.43. The van der Waals surface area contributed by atoms with E-state index < -0.39 is 0 Å². The molecule has 1 saturated heterocycles. The molecule has 2 aromatic rings. The molecule has 1 amide bonds. The molecule has 134 valence electrons. The first-order chi connectivity index (χ1) is 12.1. The molecule has 0 unspecified atom stereocenters. The predicted octanol–water partition coefficient (Wildman–Crippen LogP) is 0.300. The highest BCUT2D eigenvalue weighted by atomic mass is 32.2. The van der Waals surface area contributed by atoms with Crippen molar-refractivity contribution in [2.24, 2.45) is 0 Å². The van der Waals surface area contributed by atoms with Crippen LogP contribution in [0.3, 0.4) is 0 Å². The first-order valence-electron chi connectivity index (χ1n) is 7.69. The van der Waals surface area contributed by atoms with Crippen LogP contribution in [0.4, 0.5) is 0 Å². The van der Waals surface area contributed by atoms with E-state index in [1.54, 1.807) is 60.8 Å². The molecule has 1 fully saturated rings. The second-order valence-electron chi connectivity index (χ2n) is 5.54. The van der Waals surface area contributed by atoms with Gasteiger partial charge in [-0.2, -0.15) is 4.68 Å². The van der Waals surface area contributed by atoms with Gasteiger partial charge in [-0.25, -0.2) is 0 Å². The molecule has 0 saturated carbocycles. The van der Waals surface area contributed by atoms with E-state index in [2.05, 4.69) is 20.8 Å². The number of hydrogen-bond acceptors (Lipinski definition) is 8. The summed E-state index contributed by atoms with van der Waals surface area (Å²) in [6.07, 6.45) is 0. The summed E-state index contributed by atoms with van der Waals surface area (Å²) in [5.41, 5.74) is 0.701. The van der Waals surface area contributed by atoms with Gasteiger partial charge in [0.1, 0.15) is 11.5 Å². The molecule has 1 aliphatic heterocycles. The topological polar surface area (TPSA) is 94.4 Å². The summed E-state index contributed by atoms with van der Waals surface area (Å²) in [7, 11) is 4.91. The number of carbonyl (C=O) groups is 1. The van der Waals surface area contributed by atoms with E-state index in [0.29, 0.717) is 29.6 Å². The molecule has 9 nitrogen and oxygen atoms in total. The van der Waals surface area contributed by atoms with Gasteiger partial charge in [0.05, 0.1) is 32.5 Å². The van der Waals surface area contributed by atoms with Gasteiger partial charge >= 0.3 is 0 Å². The number of thioether (sulfide) groups is 1. The summed E-state index contributed by atoms with van der Waals surface area (Å²) in [5.74, 6) is 3.42. The van der Waals surface area contributed by atoms with E-state index in [9.17, 15) is 4.79 Å². The first kappa shape index (κ1) is 17.5. The third-order valence-electron chi connectivity index (χ3n) is 3.88. The van der Waals surface area contributed by atoms with Crippen molar-refractivity contribution < 1.29 is 14.3 Å². The maximum absolute atomic E-state index is 12.5. The summed E-state index contributed by atoms with van der Waals surface area (Å²) in [5, 5.41) is 15.0. The van der Waals surface area contributed by atoms with Crippen molar-refractivity contribution in [3.63, 3.8) is 0 Å². The highest BCUT2D eigenvalue weighted by molar-refractivity contribution is 7.99. The molecule has 0 radical (unpaired) electrons. The third kappa shape index (κ3) is 3.85. The van der Waals surface area contributed by atoms with Gasteiger partial charge in [0, 0.05) is 36.9 Å². The lowest BCUT2D eigenvalue weighted by molar-refractivity contribution is -0.132. The monoisotopic (exact) mass is 364 g/mol. The molecule has 0 bridgehead atoms. The summed E-state index contributed by atoms with van der Waals surface area (Å²) in [6.45, 7) is 0.300. The Hall–Kier alpha value is -2.33. The van der Waals surface area contributed by atoms with Crippen LogP contribution in [0.25, 0.3) is 5.69 Å². The van der Waals surface area contributed by atoms with Crippen LogP contribution in [-0.2, 0) is 11.3 Å². The van der Waals surface area contributed by atoms with Crippen molar-refractivity contribution >= 4 is 17.7 Å². The second kappa shape index (κ2) is 7.70. The Morgan fingerprint density at radius 3 is 2.68 bits per heavy atom. The molecule has 1 aromatic heterocycles. The maximum Gasteiger partial charge on any atom is 0.240 e. The van der Waals surface area contributed by atoms with E-state index >= 15 is 0 Å². The largest absolute Gasteiger partial charge is 0.497 e. The van der Waals surface area contributed by atoms with Gasteiger partial charge in [0.25, 0.3) is 0 Å². The molecule has 1 aliphatic rings. The van der Waals surface area contributed by atoms with Gasteiger partial charge in [0.2, 0.25) is 5.91 Å². The van der Waals surface area contributed by atoms with E-state index in [-0.39, 0.29) is 11.9 Å². The van der Waals surface area contributed by atoms with Crippen molar-refractivity contribution in [2.45, 2.75) is 12.6 Å². The van der Waals surface area contributed by atoms with Crippen LogP contribution in [0.1, 0.15) is 5.82 Å². The molecule has 1 aromatic carbocycles. The molecule has 1 N–H and O–H groups in total. The van der Waals surface area contributed by atoms with E-state index in [1.807, 2.05) is 0 Å². The van der Waals surface area contributed by atoms with Gasteiger partial charge in [-0.1, -0.05) is 0 Å². The predicted molar refractivity (Wildman–Crippen MR) is 93.0 cm³/mol. The van der Waals surface area contributed by atoms with Crippen molar-refractivity contribution in [1.82, 2.24) is 30.4 Å². The molecular formula is C15H20N6O3S. The zero-order chi connectivity index (χ0) is 17.8. The molecule has 0 aliphatic carbocycles. The molecule has 25 heavy (non-hydrogen) atoms. The summed E-state index contributed by atoms with van der Waals surface area (Å²) in [4.78, 5) is 14.1. The number of tetrazole rings is 1. The number of aromatic nitrogens is 4. The van der Waals surface area contributed by atoms with Crippen LogP contribution >= 0.6 is 11.8 Å². The lowest BCUT2D eigenvalue weighted by Gasteiger charge is -2.20. The average molecular weight is 364 g/mol. The summed E-state index contributed by atoms with van der Waals surface area (Å²) >= 11 is 1.71. The Kier molecular flexibility index (Phi) is 5.39. The second-order valence-corrected chi connectivity index (χ2v) is 6.57. The number of methoxy groups -OCH3 is 2. The number of benzene rings is 1. The first-order valence-corrected chi connectivity index (χ1v) is 8.84. The maximum atomic E-state index is 12.5. The van der Waals surface area contributed by atoms with Crippen LogP contribution in [0.15, 0.2) is 18.2 Å². The number of hydrogen-bond donors (Lipinski definition) is 1. The Morgan fingerprint density at radius 2 is 2.08 bits per heavy atom. The zero-order valence-corrected chi connectivity index (χ0v) is 15.1. The number of rotatable bonds is 6. The summed E-state index contributed by atoms with van der Waals surface area (Å²) in [6, 6.07) is 5.22. The molecule has 0 spiro atoms. The van der Waals surface area contributed by atoms with Gasteiger partial charge in [-0.3, -0.25) is 10.1 Å². The fourth-order valence-electron chi connectivity index (χ4n) is 2.53.